The van der Waals surface area contributed by atoms with Crippen molar-refractivity contribution in [3.63, 3.8) is 0 Å². The van der Waals surface area contributed by atoms with Crippen LogP contribution in [0.15, 0.2) is 36.4 Å². The Morgan fingerprint density at radius 1 is 1.00 bits per heavy atom. The lowest BCUT2D eigenvalue weighted by atomic mass is 9.95. The summed E-state index contributed by atoms with van der Waals surface area (Å²) in [5.41, 5.74) is 6.19. The molecule has 0 radical (unpaired) electrons. The maximum absolute atomic E-state index is 11.5. The first-order valence-corrected chi connectivity index (χ1v) is 11.1. The van der Waals surface area contributed by atoms with Crippen molar-refractivity contribution in [2.24, 2.45) is 5.92 Å². The summed E-state index contributed by atoms with van der Waals surface area (Å²) in [6, 6.07) is 12.7. The monoisotopic (exact) mass is 370 g/mol. The van der Waals surface area contributed by atoms with Crippen molar-refractivity contribution in [1.29, 1.82) is 0 Å². The molecule has 2 aliphatic rings. The Balaban J connectivity index is 1.53. The summed E-state index contributed by atoms with van der Waals surface area (Å²) in [5, 5.41) is 9.47. The molecule has 1 aliphatic carbocycles. The van der Waals surface area contributed by atoms with E-state index in [2.05, 4.69) is 30.3 Å². The van der Waals surface area contributed by atoms with E-state index in [1.165, 1.54) is 22.3 Å². The Kier molecular flexibility index (Phi) is 5.41. The van der Waals surface area contributed by atoms with E-state index < -0.39 is 10.8 Å². The molecule has 1 aliphatic heterocycles. The lowest BCUT2D eigenvalue weighted by molar-refractivity contribution is 0.239. The predicted molar refractivity (Wildman–Crippen MR) is 106 cm³/mol. The highest BCUT2D eigenvalue weighted by Crippen LogP contribution is 2.35. The quantitative estimate of drug-likeness (QED) is 0.889. The molecular weight excluding hydrogens is 344 g/mol. The van der Waals surface area contributed by atoms with Gasteiger partial charge in [0.2, 0.25) is 0 Å². The molecule has 4 rings (SSSR count). The van der Waals surface area contributed by atoms with Crippen LogP contribution < -0.4 is 4.74 Å². The van der Waals surface area contributed by atoms with Crippen molar-refractivity contribution < 1.29 is 14.1 Å². The molecule has 0 aromatic heterocycles. The zero-order valence-electron chi connectivity index (χ0n) is 15.1. The number of rotatable bonds is 4. The third-order valence-corrected chi connectivity index (χ3v) is 6.99. The molecular formula is C22H26O3S. The maximum atomic E-state index is 11.5. The molecule has 4 heteroatoms. The minimum atomic E-state index is -0.610. The molecule has 2 aromatic rings. The van der Waals surface area contributed by atoms with Crippen LogP contribution in [-0.2, 0) is 30.2 Å². The maximum Gasteiger partial charge on any atom is 0.119 e. The van der Waals surface area contributed by atoms with Crippen LogP contribution in [0.5, 0.6) is 5.75 Å². The van der Waals surface area contributed by atoms with Gasteiger partial charge in [-0.2, -0.15) is 0 Å². The van der Waals surface area contributed by atoms with Crippen molar-refractivity contribution >= 4 is 10.8 Å². The summed E-state index contributed by atoms with van der Waals surface area (Å²) in [7, 11) is -0.610. The normalized spacial score (nSPS) is 22.2. The van der Waals surface area contributed by atoms with E-state index in [1.807, 2.05) is 6.07 Å². The number of hydrogen-bond acceptors (Lipinski definition) is 3. The molecule has 138 valence electrons. The van der Waals surface area contributed by atoms with E-state index in [0.29, 0.717) is 5.92 Å². The average Bonchev–Trinajstić information content (AvgIpc) is 2.85. The molecule has 0 spiro atoms. The van der Waals surface area contributed by atoms with Crippen LogP contribution in [0.1, 0.15) is 36.0 Å². The van der Waals surface area contributed by atoms with E-state index in [0.717, 1.165) is 61.5 Å². The summed E-state index contributed by atoms with van der Waals surface area (Å²) in [4.78, 5) is 0. The minimum absolute atomic E-state index is 0.0794. The second-order valence-electron chi connectivity index (χ2n) is 7.42. The number of hydrogen-bond donors (Lipinski definition) is 1. The standard InChI is InChI=1S/C22H26O3S/c23-14-17-4-5-18-2-1-3-19-13-20(6-7-21(19)22(18)12-17)25-15-16-8-10-26(24)11-9-16/h4-7,12-13,16,23H,1-3,8-11,14-15H2. The molecule has 0 saturated carbocycles. The fourth-order valence-corrected chi connectivity index (χ4v) is 5.41. The fourth-order valence-electron chi connectivity index (χ4n) is 4.01. The Morgan fingerprint density at radius 3 is 2.62 bits per heavy atom. The molecule has 26 heavy (non-hydrogen) atoms. The summed E-state index contributed by atoms with van der Waals surface area (Å²) in [6.07, 6.45) is 5.28. The second kappa shape index (κ2) is 7.93. The summed E-state index contributed by atoms with van der Waals surface area (Å²) in [5.74, 6) is 3.11. The van der Waals surface area contributed by atoms with Gasteiger partial charge in [0.25, 0.3) is 0 Å². The van der Waals surface area contributed by atoms with Gasteiger partial charge in [-0.1, -0.05) is 18.2 Å². The molecule has 1 heterocycles. The Labute approximate surface area is 157 Å². The van der Waals surface area contributed by atoms with Crippen LogP contribution in [0.3, 0.4) is 0 Å². The van der Waals surface area contributed by atoms with Gasteiger partial charge in [-0.25, -0.2) is 0 Å². The van der Waals surface area contributed by atoms with Crippen molar-refractivity contribution in [2.45, 2.75) is 38.7 Å². The summed E-state index contributed by atoms with van der Waals surface area (Å²) in [6.45, 7) is 0.803. The van der Waals surface area contributed by atoms with Gasteiger partial charge in [-0.15, -0.1) is 0 Å². The molecule has 1 fully saturated rings. The topological polar surface area (TPSA) is 46.5 Å². The van der Waals surface area contributed by atoms with E-state index >= 15 is 0 Å². The van der Waals surface area contributed by atoms with Crippen LogP contribution in [0.25, 0.3) is 11.1 Å². The van der Waals surface area contributed by atoms with Gasteiger partial charge in [0, 0.05) is 22.3 Å². The zero-order valence-corrected chi connectivity index (χ0v) is 15.9. The first kappa shape index (κ1) is 17.7. The zero-order chi connectivity index (χ0) is 17.9. The average molecular weight is 371 g/mol. The molecule has 0 unspecified atom stereocenters. The van der Waals surface area contributed by atoms with Gasteiger partial charge in [0.05, 0.1) is 13.2 Å². The van der Waals surface area contributed by atoms with Crippen LogP contribution in [0.2, 0.25) is 0 Å². The number of ether oxygens (including phenoxy) is 1. The molecule has 1 saturated heterocycles. The first-order valence-electron chi connectivity index (χ1n) is 9.56. The second-order valence-corrected chi connectivity index (χ2v) is 9.12. The number of aliphatic hydroxyl groups is 1. The summed E-state index contributed by atoms with van der Waals surface area (Å²) < 4.78 is 17.6. The van der Waals surface area contributed by atoms with Crippen molar-refractivity contribution in [3.05, 3.63) is 53.1 Å². The van der Waals surface area contributed by atoms with Crippen LogP contribution in [0.4, 0.5) is 0 Å². The van der Waals surface area contributed by atoms with Gasteiger partial charge < -0.3 is 9.84 Å². The Bertz CT molecular complexity index is 805. The molecule has 0 bridgehead atoms. The molecule has 1 N–H and O–H groups in total. The van der Waals surface area contributed by atoms with Gasteiger partial charge >= 0.3 is 0 Å². The van der Waals surface area contributed by atoms with E-state index in [4.69, 9.17) is 4.74 Å². The number of aryl methyl sites for hydroxylation is 2. The predicted octanol–water partition coefficient (Wildman–Crippen LogP) is 3.87. The highest BCUT2D eigenvalue weighted by Gasteiger charge is 2.19. The van der Waals surface area contributed by atoms with Crippen molar-refractivity contribution in [2.75, 3.05) is 18.1 Å². The lowest BCUT2D eigenvalue weighted by Gasteiger charge is -2.22. The van der Waals surface area contributed by atoms with Crippen LogP contribution in [-0.4, -0.2) is 27.4 Å². The van der Waals surface area contributed by atoms with Crippen LogP contribution >= 0.6 is 0 Å². The highest BCUT2D eigenvalue weighted by molar-refractivity contribution is 7.85. The largest absolute Gasteiger partial charge is 0.493 e. The first-order chi connectivity index (χ1) is 12.7. The number of aliphatic hydroxyl groups excluding tert-OH is 1. The van der Waals surface area contributed by atoms with Gasteiger partial charge in [0.15, 0.2) is 0 Å². The number of fused-ring (bicyclic) bond motifs is 3. The van der Waals surface area contributed by atoms with E-state index in [1.54, 1.807) is 0 Å². The van der Waals surface area contributed by atoms with Crippen molar-refractivity contribution in [1.82, 2.24) is 0 Å². The third-order valence-electron chi connectivity index (χ3n) is 5.61. The molecule has 2 aromatic carbocycles. The lowest BCUT2D eigenvalue weighted by Crippen LogP contribution is -2.23. The van der Waals surface area contributed by atoms with Gasteiger partial charge in [-0.3, -0.25) is 4.21 Å². The molecule has 0 amide bonds. The van der Waals surface area contributed by atoms with E-state index in [-0.39, 0.29) is 6.61 Å². The number of benzene rings is 2. The summed E-state index contributed by atoms with van der Waals surface area (Å²) >= 11 is 0. The fraction of sp³-hybridized carbons (Fsp3) is 0.455. The van der Waals surface area contributed by atoms with Crippen molar-refractivity contribution in [3.8, 4) is 16.9 Å². The third kappa shape index (κ3) is 3.86. The van der Waals surface area contributed by atoms with E-state index in [9.17, 15) is 9.32 Å². The smallest absolute Gasteiger partial charge is 0.119 e. The Hall–Kier alpha value is -1.65. The SMILES string of the molecule is O=S1CCC(COc2ccc3c(c2)CCCc2ccc(CO)cc2-3)CC1. The molecule has 3 nitrogen and oxygen atoms in total. The Morgan fingerprint density at radius 2 is 1.81 bits per heavy atom. The van der Waals surface area contributed by atoms with Crippen LogP contribution in [0, 0.1) is 5.92 Å². The van der Waals surface area contributed by atoms with Gasteiger partial charge in [0.1, 0.15) is 5.75 Å². The highest BCUT2D eigenvalue weighted by atomic mass is 32.2. The van der Waals surface area contributed by atoms with Gasteiger partial charge in [-0.05, 0) is 84.0 Å². The minimum Gasteiger partial charge on any atom is -0.493 e. The molecule has 0 atom stereocenters.